The molecule has 3 aromatic rings. The van der Waals surface area contributed by atoms with Gasteiger partial charge >= 0.3 is 0 Å². The largest absolute Gasteiger partial charge is 0.359 e. The molecule has 3 heterocycles. The third-order valence-electron chi connectivity index (χ3n) is 5.84. The number of thiophene rings is 1. The first kappa shape index (κ1) is 20.3. The number of hydrogen-bond donors (Lipinski definition) is 1. The molecule has 0 unspecified atom stereocenters. The summed E-state index contributed by atoms with van der Waals surface area (Å²) < 4.78 is 0. The molecule has 0 spiro atoms. The van der Waals surface area contributed by atoms with Crippen LogP contribution in [0.4, 0.5) is 0 Å². The number of pyridine rings is 1. The van der Waals surface area contributed by atoms with Gasteiger partial charge in [-0.3, -0.25) is 14.6 Å². The first-order valence-corrected chi connectivity index (χ1v) is 11.0. The fraction of sp³-hybridized carbons (Fsp3) is 0.292. The van der Waals surface area contributed by atoms with Crippen molar-refractivity contribution in [1.29, 1.82) is 0 Å². The second-order valence-electron chi connectivity index (χ2n) is 7.85. The monoisotopic (exact) mass is 419 g/mol. The zero-order valence-corrected chi connectivity index (χ0v) is 17.8. The number of rotatable bonds is 6. The zero-order valence-electron chi connectivity index (χ0n) is 17.0. The summed E-state index contributed by atoms with van der Waals surface area (Å²) in [4.78, 5) is 31.6. The molecule has 0 radical (unpaired) electrons. The summed E-state index contributed by atoms with van der Waals surface area (Å²) in [6.45, 7) is 1.04. The summed E-state index contributed by atoms with van der Waals surface area (Å²) in [6, 6.07) is 14.2. The van der Waals surface area contributed by atoms with Crippen LogP contribution in [0.1, 0.15) is 17.5 Å². The van der Waals surface area contributed by atoms with Crippen LogP contribution in [-0.2, 0) is 22.4 Å². The molecule has 1 fully saturated rings. The lowest BCUT2D eigenvalue weighted by atomic mass is 9.79. The Morgan fingerprint density at radius 1 is 1.13 bits per heavy atom. The van der Waals surface area contributed by atoms with Crippen molar-refractivity contribution in [1.82, 2.24) is 15.2 Å². The summed E-state index contributed by atoms with van der Waals surface area (Å²) in [6.07, 6.45) is 5.01. The van der Waals surface area contributed by atoms with Gasteiger partial charge in [0, 0.05) is 32.5 Å². The van der Waals surface area contributed by atoms with Crippen LogP contribution in [0.3, 0.4) is 0 Å². The van der Waals surface area contributed by atoms with Gasteiger partial charge in [-0.05, 0) is 58.0 Å². The van der Waals surface area contributed by atoms with Crippen LogP contribution < -0.4 is 5.32 Å². The molecule has 1 aliphatic heterocycles. The van der Waals surface area contributed by atoms with E-state index in [4.69, 9.17) is 0 Å². The molecule has 1 saturated heterocycles. The van der Waals surface area contributed by atoms with Gasteiger partial charge in [0.2, 0.25) is 11.8 Å². The van der Waals surface area contributed by atoms with Crippen molar-refractivity contribution in [3.8, 4) is 11.1 Å². The molecule has 4 rings (SSSR count). The SMILES string of the molecule is CNC(=O)[C@]1(Cc2ccc(-c3ccsc3)cc2)CCN(C(=O)Cc2cccnc2)C1. The minimum absolute atomic E-state index is 0.00101. The van der Waals surface area contributed by atoms with Crippen LogP contribution >= 0.6 is 11.3 Å². The van der Waals surface area contributed by atoms with E-state index in [2.05, 4.69) is 51.4 Å². The maximum Gasteiger partial charge on any atom is 0.228 e. The van der Waals surface area contributed by atoms with E-state index in [1.165, 1.54) is 11.1 Å². The minimum atomic E-state index is -0.594. The molecule has 6 heteroatoms. The van der Waals surface area contributed by atoms with Gasteiger partial charge < -0.3 is 10.2 Å². The van der Waals surface area contributed by atoms with Crippen molar-refractivity contribution in [3.05, 3.63) is 76.7 Å². The van der Waals surface area contributed by atoms with Crippen LogP contribution in [0.25, 0.3) is 11.1 Å². The molecule has 1 atom stereocenters. The third-order valence-corrected chi connectivity index (χ3v) is 6.53. The van der Waals surface area contributed by atoms with Crippen molar-refractivity contribution < 1.29 is 9.59 Å². The van der Waals surface area contributed by atoms with Gasteiger partial charge in [-0.2, -0.15) is 11.3 Å². The summed E-state index contributed by atoms with van der Waals surface area (Å²) in [5.74, 6) is 0.0441. The quantitative estimate of drug-likeness (QED) is 0.665. The van der Waals surface area contributed by atoms with Crippen molar-refractivity contribution >= 4 is 23.2 Å². The second kappa shape index (κ2) is 8.79. The minimum Gasteiger partial charge on any atom is -0.359 e. The van der Waals surface area contributed by atoms with E-state index in [0.29, 0.717) is 32.4 Å². The Kier molecular flexibility index (Phi) is 5.95. The van der Waals surface area contributed by atoms with E-state index in [-0.39, 0.29) is 11.8 Å². The lowest BCUT2D eigenvalue weighted by Gasteiger charge is -2.28. The molecule has 0 bridgehead atoms. The molecular weight excluding hydrogens is 394 g/mol. The molecule has 1 N–H and O–H groups in total. The molecule has 1 aromatic carbocycles. The van der Waals surface area contributed by atoms with Crippen LogP contribution in [0.2, 0.25) is 0 Å². The summed E-state index contributed by atoms with van der Waals surface area (Å²) in [5, 5.41) is 7.02. The molecule has 0 saturated carbocycles. The highest BCUT2D eigenvalue weighted by molar-refractivity contribution is 7.08. The zero-order chi connectivity index (χ0) is 21.0. The van der Waals surface area contributed by atoms with Crippen molar-refractivity contribution in [2.24, 2.45) is 5.41 Å². The van der Waals surface area contributed by atoms with Crippen molar-refractivity contribution in [2.45, 2.75) is 19.3 Å². The highest BCUT2D eigenvalue weighted by Crippen LogP contribution is 2.35. The normalized spacial score (nSPS) is 18.4. The topological polar surface area (TPSA) is 62.3 Å². The number of amides is 2. The van der Waals surface area contributed by atoms with Crippen molar-refractivity contribution in [3.63, 3.8) is 0 Å². The number of likely N-dealkylation sites (tertiary alicyclic amines) is 1. The van der Waals surface area contributed by atoms with E-state index >= 15 is 0 Å². The van der Waals surface area contributed by atoms with Crippen LogP contribution in [-0.4, -0.2) is 41.8 Å². The maximum atomic E-state index is 12.9. The molecule has 30 heavy (non-hydrogen) atoms. The number of aromatic nitrogens is 1. The van der Waals surface area contributed by atoms with Gasteiger partial charge in [0.05, 0.1) is 11.8 Å². The molecule has 5 nitrogen and oxygen atoms in total. The summed E-state index contributed by atoms with van der Waals surface area (Å²) in [7, 11) is 1.67. The molecular formula is C24H25N3O2S. The molecule has 0 aliphatic carbocycles. The van der Waals surface area contributed by atoms with Gasteiger partial charge in [0.25, 0.3) is 0 Å². The van der Waals surface area contributed by atoms with Crippen molar-refractivity contribution in [2.75, 3.05) is 20.1 Å². The number of nitrogens with one attached hydrogen (secondary N) is 1. The van der Waals surface area contributed by atoms with Gasteiger partial charge in [-0.15, -0.1) is 0 Å². The van der Waals surface area contributed by atoms with E-state index < -0.39 is 5.41 Å². The van der Waals surface area contributed by atoms with Gasteiger partial charge in [0.15, 0.2) is 0 Å². The lowest BCUT2D eigenvalue weighted by molar-refractivity contribution is -0.132. The Bertz CT molecular complexity index is 1000. The van der Waals surface area contributed by atoms with Crippen LogP contribution in [0.15, 0.2) is 65.6 Å². The van der Waals surface area contributed by atoms with Crippen LogP contribution in [0.5, 0.6) is 0 Å². The third kappa shape index (κ3) is 4.28. The van der Waals surface area contributed by atoms with Gasteiger partial charge in [-0.25, -0.2) is 0 Å². The molecule has 1 aliphatic rings. The van der Waals surface area contributed by atoms with E-state index in [1.807, 2.05) is 17.0 Å². The average Bonchev–Trinajstić information content (AvgIpc) is 3.46. The van der Waals surface area contributed by atoms with E-state index in [0.717, 1.165) is 11.1 Å². The smallest absolute Gasteiger partial charge is 0.228 e. The van der Waals surface area contributed by atoms with E-state index in [9.17, 15) is 9.59 Å². The number of carbonyl (C=O) groups is 2. The molecule has 2 aromatic heterocycles. The maximum absolute atomic E-state index is 12.9. The predicted octanol–water partition coefficient (Wildman–Crippen LogP) is 3.56. The summed E-state index contributed by atoms with van der Waals surface area (Å²) >= 11 is 1.68. The number of carbonyl (C=O) groups excluding carboxylic acids is 2. The first-order chi connectivity index (χ1) is 14.6. The average molecular weight is 420 g/mol. The number of benzene rings is 1. The molecule has 154 valence electrons. The van der Waals surface area contributed by atoms with Gasteiger partial charge in [0.1, 0.15) is 0 Å². The van der Waals surface area contributed by atoms with Crippen LogP contribution in [0, 0.1) is 5.41 Å². The fourth-order valence-electron chi connectivity index (χ4n) is 4.18. The van der Waals surface area contributed by atoms with Gasteiger partial charge in [-0.1, -0.05) is 30.3 Å². The second-order valence-corrected chi connectivity index (χ2v) is 8.63. The summed E-state index contributed by atoms with van der Waals surface area (Å²) in [5.41, 5.74) is 3.79. The Morgan fingerprint density at radius 3 is 2.63 bits per heavy atom. The predicted molar refractivity (Wildman–Crippen MR) is 119 cm³/mol. The Morgan fingerprint density at radius 2 is 1.97 bits per heavy atom. The number of nitrogens with zero attached hydrogens (tertiary/aromatic N) is 2. The lowest BCUT2D eigenvalue weighted by Crippen LogP contribution is -2.44. The molecule has 2 amide bonds. The highest BCUT2D eigenvalue weighted by Gasteiger charge is 2.45. The first-order valence-electron chi connectivity index (χ1n) is 10.1. The fourth-order valence-corrected chi connectivity index (χ4v) is 4.85. The standard InChI is InChI=1S/C24H25N3O2S/c1-25-23(29)24(14-18-4-6-20(7-5-18)21-8-12-30-16-21)9-11-27(17-24)22(28)13-19-3-2-10-26-15-19/h2-8,10,12,15-16H,9,11,13-14,17H2,1H3,(H,25,29)/t24-/m0/s1. The van der Waals surface area contributed by atoms with E-state index in [1.54, 1.807) is 30.8 Å². The Labute approximate surface area is 180 Å². The Hall–Kier alpha value is -2.99. The Balaban J connectivity index is 1.48. The number of hydrogen-bond acceptors (Lipinski definition) is 4. The highest BCUT2D eigenvalue weighted by atomic mass is 32.1.